The van der Waals surface area contributed by atoms with Crippen LogP contribution in [0.1, 0.15) is 0 Å². The number of hydrogen-bond acceptors (Lipinski definition) is 7. The van der Waals surface area contributed by atoms with Crippen LogP contribution in [0.15, 0.2) is 87.5 Å². The van der Waals surface area contributed by atoms with Crippen LogP contribution in [0.4, 0.5) is 5.69 Å². The van der Waals surface area contributed by atoms with Crippen molar-refractivity contribution in [2.45, 2.75) is 10.1 Å². The molecule has 9 nitrogen and oxygen atoms in total. The summed E-state index contributed by atoms with van der Waals surface area (Å²) in [7, 11) is -0.593. The lowest BCUT2D eigenvalue weighted by Gasteiger charge is -2.12. The molecule has 4 aromatic rings. The molecule has 0 radical (unpaired) electrons. The molecule has 0 bridgehead atoms. The molecule has 11 heteroatoms. The van der Waals surface area contributed by atoms with Gasteiger partial charge < -0.3 is 9.73 Å². The van der Waals surface area contributed by atoms with E-state index in [4.69, 9.17) is 4.42 Å². The Morgan fingerprint density at radius 3 is 2.39 bits per heavy atom. The van der Waals surface area contributed by atoms with Gasteiger partial charge in [0.2, 0.25) is 21.8 Å². The first kappa shape index (κ1) is 22.8. The average molecular weight is 484 g/mol. The van der Waals surface area contributed by atoms with Crippen LogP contribution < -0.4 is 5.32 Å². The number of carbonyl (C=O) groups is 1. The first-order valence-corrected chi connectivity index (χ1v) is 12.3. The Morgan fingerprint density at radius 2 is 1.76 bits per heavy atom. The van der Waals surface area contributed by atoms with Crippen molar-refractivity contribution in [2.75, 3.05) is 25.2 Å². The second-order valence-corrected chi connectivity index (χ2v) is 10.2. The number of amides is 1. The molecule has 0 saturated heterocycles. The van der Waals surface area contributed by atoms with Gasteiger partial charge in [-0.3, -0.25) is 9.36 Å². The van der Waals surface area contributed by atoms with Crippen LogP contribution in [0.3, 0.4) is 0 Å². The first-order valence-electron chi connectivity index (χ1n) is 9.86. The van der Waals surface area contributed by atoms with Gasteiger partial charge in [-0.1, -0.05) is 30.0 Å². The van der Waals surface area contributed by atoms with E-state index in [9.17, 15) is 13.2 Å². The number of nitrogens with one attached hydrogen (secondary N) is 1. The van der Waals surface area contributed by atoms with Gasteiger partial charge in [-0.2, -0.15) is 0 Å². The second-order valence-electron chi connectivity index (χ2n) is 7.10. The van der Waals surface area contributed by atoms with Crippen molar-refractivity contribution >= 4 is 33.4 Å². The molecular formula is C22H21N5O4S2. The number of anilines is 1. The maximum Gasteiger partial charge on any atom is 0.242 e. The van der Waals surface area contributed by atoms with Crippen LogP contribution in [0, 0.1) is 0 Å². The summed E-state index contributed by atoms with van der Waals surface area (Å²) < 4.78 is 32.8. The van der Waals surface area contributed by atoms with E-state index >= 15 is 0 Å². The van der Waals surface area contributed by atoms with E-state index in [1.807, 2.05) is 34.9 Å². The summed E-state index contributed by atoms with van der Waals surface area (Å²) in [4.78, 5) is 12.7. The first-order chi connectivity index (χ1) is 15.9. The summed E-state index contributed by atoms with van der Waals surface area (Å²) in [5.74, 6) is 0.925. The molecule has 2 aromatic carbocycles. The van der Waals surface area contributed by atoms with Crippen molar-refractivity contribution in [2.24, 2.45) is 0 Å². The number of para-hydroxylation sites is 1. The SMILES string of the molecule is CN(C)S(=O)(=O)c1ccc(NC(=O)CSc2nnc(-c3ccco3)n2-c2ccccc2)cc1. The molecule has 33 heavy (non-hydrogen) atoms. The molecule has 0 aliphatic rings. The molecule has 4 rings (SSSR count). The third-order valence-electron chi connectivity index (χ3n) is 4.64. The van der Waals surface area contributed by atoms with Crippen molar-refractivity contribution in [1.82, 2.24) is 19.1 Å². The molecule has 170 valence electrons. The number of rotatable bonds is 8. The Morgan fingerprint density at radius 1 is 1.03 bits per heavy atom. The van der Waals surface area contributed by atoms with Gasteiger partial charge in [-0.25, -0.2) is 12.7 Å². The number of furan rings is 1. The topological polar surface area (TPSA) is 110 Å². The smallest absolute Gasteiger partial charge is 0.242 e. The Hall–Kier alpha value is -3.41. The molecule has 2 aromatic heterocycles. The van der Waals surface area contributed by atoms with E-state index in [1.165, 1.54) is 38.0 Å². The van der Waals surface area contributed by atoms with Crippen molar-refractivity contribution < 1.29 is 17.6 Å². The zero-order chi connectivity index (χ0) is 23.4. The number of aromatic nitrogens is 3. The van der Waals surface area contributed by atoms with Crippen LogP contribution >= 0.6 is 11.8 Å². The lowest BCUT2D eigenvalue weighted by molar-refractivity contribution is -0.113. The second kappa shape index (κ2) is 9.61. The molecule has 1 N–H and O–H groups in total. The lowest BCUT2D eigenvalue weighted by Crippen LogP contribution is -2.22. The van der Waals surface area contributed by atoms with Crippen molar-refractivity contribution in [1.29, 1.82) is 0 Å². The van der Waals surface area contributed by atoms with E-state index in [2.05, 4.69) is 15.5 Å². The molecule has 0 spiro atoms. The minimum atomic E-state index is -3.53. The minimum Gasteiger partial charge on any atom is -0.461 e. The molecule has 2 heterocycles. The van der Waals surface area contributed by atoms with E-state index in [0.29, 0.717) is 22.4 Å². The standard InChI is InChI=1S/C22H21N5O4S2/c1-26(2)33(29,30)18-12-10-16(11-13-18)23-20(28)15-32-22-25-24-21(19-9-6-14-31-19)27(22)17-7-4-3-5-8-17/h3-14H,15H2,1-2H3,(H,23,28). The fourth-order valence-electron chi connectivity index (χ4n) is 2.99. The van der Waals surface area contributed by atoms with Crippen molar-refractivity contribution in [3.05, 3.63) is 73.0 Å². The Balaban J connectivity index is 1.48. The molecule has 1 amide bonds. The molecule has 0 aliphatic heterocycles. The summed E-state index contributed by atoms with van der Waals surface area (Å²) in [5.41, 5.74) is 1.34. The highest BCUT2D eigenvalue weighted by Gasteiger charge is 2.19. The summed E-state index contributed by atoms with van der Waals surface area (Å²) in [6.07, 6.45) is 1.56. The Kier molecular flexibility index (Phi) is 6.63. The van der Waals surface area contributed by atoms with E-state index < -0.39 is 10.0 Å². The zero-order valence-corrected chi connectivity index (χ0v) is 19.5. The maximum atomic E-state index is 12.5. The fourth-order valence-corrected chi connectivity index (χ4v) is 4.64. The Bertz CT molecular complexity index is 1330. The largest absolute Gasteiger partial charge is 0.461 e. The number of benzene rings is 2. The fraction of sp³-hybridized carbons (Fsp3) is 0.136. The van der Waals surface area contributed by atoms with Gasteiger partial charge in [0.15, 0.2) is 10.9 Å². The third kappa shape index (κ3) is 5.00. The predicted molar refractivity (Wildman–Crippen MR) is 126 cm³/mol. The van der Waals surface area contributed by atoms with E-state index in [-0.39, 0.29) is 16.6 Å². The average Bonchev–Trinajstić information content (AvgIpc) is 3.48. The van der Waals surface area contributed by atoms with Gasteiger partial charge in [0.25, 0.3) is 0 Å². The van der Waals surface area contributed by atoms with Crippen LogP contribution in [0.2, 0.25) is 0 Å². The van der Waals surface area contributed by atoms with Gasteiger partial charge in [-0.15, -0.1) is 10.2 Å². The zero-order valence-electron chi connectivity index (χ0n) is 17.9. The molecular weight excluding hydrogens is 462 g/mol. The van der Waals surface area contributed by atoms with Gasteiger partial charge in [0.05, 0.1) is 16.9 Å². The highest BCUT2D eigenvalue weighted by molar-refractivity contribution is 7.99. The van der Waals surface area contributed by atoms with Crippen molar-refractivity contribution in [3.8, 4) is 17.3 Å². The number of sulfonamides is 1. The quantitative estimate of drug-likeness (QED) is 0.382. The summed E-state index contributed by atoms with van der Waals surface area (Å²) in [6, 6.07) is 19.2. The van der Waals surface area contributed by atoms with Crippen LogP contribution in [-0.4, -0.2) is 53.2 Å². The number of carbonyl (C=O) groups excluding carboxylic acids is 1. The van der Waals surface area contributed by atoms with Crippen LogP contribution in [-0.2, 0) is 14.8 Å². The summed E-state index contributed by atoms with van der Waals surface area (Å²) in [5, 5.41) is 11.8. The Labute approximate surface area is 195 Å². The van der Waals surface area contributed by atoms with Crippen molar-refractivity contribution in [3.63, 3.8) is 0 Å². The highest BCUT2D eigenvalue weighted by Crippen LogP contribution is 2.28. The molecule has 0 saturated carbocycles. The number of nitrogens with zero attached hydrogens (tertiary/aromatic N) is 4. The molecule has 0 aliphatic carbocycles. The monoisotopic (exact) mass is 483 g/mol. The minimum absolute atomic E-state index is 0.0842. The maximum absolute atomic E-state index is 12.5. The lowest BCUT2D eigenvalue weighted by atomic mass is 10.3. The third-order valence-corrected chi connectivity index (χ3v) is 7.40. The van der Waals surface area contributed by atoms with E-state index in [1.54, 1.807) is 30.5 Å². The molecule has 0 fully saturated rings. The van der Waals surface area contributed by atoms with Gasteiger partial charge in [-0.05, 0) is 48.5 Å². The van der Waals surface area contributed by atoms with Crippen LogP contribution in [0.5, 0.6) is 0 Å². The number of thioether (sulfide) groups is 1. The molecule has 0 atom stereocenters. The number of hydrogen-bond donors (Lipinski definition) is 1. The van der Waals surface area contributed by atoms with E-state index in [0.717, 1.165) is 9.99 Å². The van der Waals surface area contributed by atoms with Gasteiger partial charge in [0, 0.05) is 25.5 Å². The van der Waals surface area contributed by atoms with Gasteiger partial charge in [0.1, 0.15) is 0 Å². The molecule has 0 unspecified atom stereocenters. The highest BCUT2D eigenvalue weighted by atomic mass is 32.2. The van der Waals surface area contributed by atoms with Gasteiger partial charge >= 0.3 is 0 Å². The predicted octanol–water partition coefficient (Wildman–Crippen LogP) is 3.51. The summed E-state index contributed by atoms with van der Waals surface area (Å²) in [6.45, 7) is 0. The summed E-state index contributed by atoms with van der Waals surface area (Å²) >= 11 is 1.23. The normalized spacial score (nSPS) is 11.6. The van der Waals surface area contributed by atoms with Crippen LogP contribution in [0.25, 0.3) is 17.3 Å².